The van der Waals surface area contributed by atoms with E-state index in [1.165, 1.54) is 12.7 Å². The molecule has 7 aliphatic rings. The van der Waals surface area contributed by atoms with Gasteiger partial charge >= 0.3 is 5.97 Å². The number of fused-ring (bicyclic) bond motifs is 5. The van der Waals surface area contributed by atoms with Crippen LogP contribution in [0.5, 0.6) is 0 Å². The average Bonchev–Trinajstić information content (AvgIpc) is 3.53. The lowest BCUT2D eigenvalue weighted by Crippen LogP contribution is -2.66. The van der Waals surface area contributed by atoms with E-state index in [-0.39, 0.29) is 41.2 Å². The second kappa shape index (κ2) is 18.8. The number of carbonyl (C=O) groups excluding carboxylic acids is 2. The van der Waals surface area contributed by atoms with E-state index < -0.39 is 96.9 Å². The van der Waals surface area contributed by atoms with E-state index in [0.29, 0.717) is 44.1 Å². The SMILES string of the molecule is C/C=C(\C)C(=O)O[C@@H]1CC2C(CC=C3C[C@@H](OC4CC(OC)C(OC5CC(OC)C(OC6OC(C)C(O)C(OC)C6O)C(C)O5)C(C)O4)CC[C@@]32C)[C@@]2(O)CC[C@H](C(C)=O)[C@@]12C. The zero-order chi connectivity index (χ0) is 45.1. The molecule has 4 aliphatic carbocycles. The number of aliphatic hydroxyl groups excluding tert-OH is 2. The third-order valence-corrected chi connectivity index (χ3v) is 16.6. The molecule has 0 aromatic heterocycles. The molecule has 3 saturated carbocycles. The Morgan fingerprint density at radius 3 is 2.00 bits per heavy atom. The van der Waals surface area contributed by atoms with Crippen LogP contribution < -0.4 is 0 Å². The summed E-state index contributed by atoms with van der Waals surface area (Å²) in [5.74, 6) is -0.727. The number of hydrogen-bond acceptors (Lipinski definition) is 15. The Hall–Kier alpha value is -1.86. The van der Waals surface area contributed by atoms with Crippen LogP contribution in [0.2, 0.25) is 0 Å². The van der Waals surface area contributed by atoms with Gasteiger partial charge in [-0.15, -0.1) is 0 Å². The highest BCUT2D eigenvalue weighted by Gasteiger charge is 2.71. The van der Waals surface area contributed by atoms with Gasteiger partial charge in [-0.3, -0.25) is 4.79 Å². The molecule has 0 aromatic carbocycles. The number of Topliss-reactive ketones (excluding diaryl/α,β-unsaturated/α-hetero) is 1. The van der Waals surface area contributed by atoms with Crippen LogP contribution in [0.4, 0.5) is 0 Å². The van der Waals surface area contributed by atoms with Gasteiger partial charge in [-0.25, -0.2) is 4.79 Å². The molecule has 3 heterocycles. The molecule has 15 heteroatoms. The van der Waals surface area contributed by atoms with Crippen molar-refractivity contribution < 1.29 is 72.3 Å². The molecule has 0 amide bonds. The summed E-state index contributed by atoms with van der Waals surface area (Å²) in [6.45, 7) is 15.0. The van der Waals surface area contributed by atoms with E-state index in [9.17, 15) is 24.9 Å². The first-order chi connectivity index (χ1) is 29.3. The fourth-order valence-electron chi connectivity index (χ4n) is 12.8. The van der Waals surface area contributed by atoms with Gasteiger partial charge in [0.05, 0.1) is 42.2 Å². The van der Waals surface area contributed by atoms with Gasteiger partial charge in [-0.05, 0) is 104 Å². The Kier molecular flexibility index (Phi) is 14.6. The summed E-state index contributed by atoms with van der Waals surface area (Å²) >= 11 is 0. The first kappa shape index (κ1) is 48.1. The number of methoxy groups -OCH3 is 3. The number of rotatable bonds is 12. The predicted molar refractivity (Wildman–Crippen MR) is 223 cm³/mol. The number of ketones is 1. The maximum atomic E-state index is 13.3. The quantitative estimate of drug-likeness (QED) is 0.139. The second-order valence-corrected chi connectivity index (χ2v) is 19.8. The standard InChI is InChI=1S/C47H74O15/c1-12-23(2)43(51)60-35-20-32-31(47(52)18-16-30(24(3)48)46(35,47)8)14-13-28-19-29(15-17-45(28,32)7)59-36-21-33(53-9)40(26(5)56-36)61-37-22-34(54-10)41(27(6)57-37)62-44-39(50)42(55-11)38(49)25(4)58-44/h12-13,25-27,29-42,44,49-50,52H,14-22H2,1-11H3/b23-12+/t25?,26?,27?,29-,30+,31?,32?,33?,34?,35+,36?,37?,38?,39?,40?,41?,42?,44?,45-,46-,47-/m0/s1. The lowest BCUT2D eigenvalue weighted by molar-refractivity contribution is -0.352. The maximum absolute atomic E-state index is 13.3. The highest BCUT2D eigenvalue weighted by atomic mass is 16.8. The molecule has 7 rings (SSSR count). The molecule has 0 spiro atoms. The lowest BCUT2D eigenvalue weighted by atomic mass is 9.45. The van der Waals surface area contributed by atoms with Crippen molar-refractivity contribution >= 4 is 11.8 Å². The van der Waals surface area contributed by atoms with Gasteiger partial charge in [0.25, 0.3) is 0 Å². The van der Waals surface area contributed by atoms with Crippen molar-refractivity contribution in [2.45, 2.75) is 211 Å². The van der Waals surface area contributed by atoms with Gasteiger partial charge in [-0.1, -0.05) is 31.6 Å². The molecule has 3 N–H and O–H groups in total. The molecule has 6 fully saturated rings. The Bertz CT molecular complexity index is 1670. The van der Waals surface area contributed by atoms with Gasteiger partial charge in [0.15, 0.2) is 18.9 Å². The predicted octanol–water partition coefficient (Wildman–Crippen LogP) is 4.69. The second-order valence-electron chi connectivity index (χ2n) is 19.8. The third-order valence-electron chi connectivity index (χ3n) is 16.6. The Labute approximate surface area is 367 Å². The van der Waals surface area contributed by atoms with Crippen molar-refractivity contribution in [1.82, 2.24) is 0 Å². The minimum Gasteiger partial charge on any atom is -0.458 e. The molecule has 62 heavy (non-hydrogen) atoms. The highest BCUT2D eigenvalue weighted by molar-refractivity contribution is 5.88. The van der Waals surface area contributed by atoms with Crippen LogP contribution in [0.1, 0.15) is 113 Å². The van der Waals surface area contributed by atoms with Crippen molar-refractivity contribution in [1.29, 1.82) is 0 Å². The van der Waals surface area contributed by atoms with E-state index in [4.69, 9.17) is 47.4 Å². The van der Waals surface area contributed by atoms with Crippen LogP contribution in [0.15, 0.2) is 23.3 Å². The molecule has 3 saturated heterocycles. The van der Waals surface area contributed by atoms with Gasteiger partial charge in [0.1, 0.15) is 42.4 Å². The topological polar surface area (TPSA) is 187 Å². The molecule has 15 unspecified atom stereocenters. The van der Waals surface area contributed by atoms with Gasteiger partial charge in [-0.2, -0.15) is 0 Å². The summed E-state index contributed by atoms with van der Waals surface area (Å²) in [7, 11) is 4.68. The summed E-state index contributed by atoms with van der Waals surface area (Å²) in [6.07, 6.45) is 0.173. The monoisotopic (exact) mass is 879 g/mol. The number of esters is 1. The van der Waals surface area contributed by atoms with E-state index in [2.05, 4.69) is 13.0 Å². The van der Waals surface area contributed by atoms with Crippen molar-refractivity contribution in [3.05, 3.63) is 23.3 Å². The van der Waals surface area contributed by atoms with E-state index in [0.717, 1.165) is 19.3 Å². The number of ether oxygens (including phenoxy) is 10. The van der Waals surface area contributed by atoms with Crippen LogP contribution in [-0.2, 0) is 57.0 Å². The van der Waals surface area contributed by atoms with Crippen molar-refractivity contribution in [3.8, 4) is 0 Å². The van der Waals surface area contributed by atoms with Crippen LogP contribution in [-0.4, -0.2) is 146 Å². The van der Waals surface area contributed by atoms with E-state index >= 15 is 0 Å². The van der Waals surface area contributed by atoms with Gasteiger partial charge in [0.2, 0.25) is 0 Å². The van der Waals surface area contributed by atoms with Crippen LogP contribution in [0, 0.1) is 28.6 Å². The van der Waals surface area contributed by atoms with Gasteiger partial charge in [0, 0.05) is 51.1 Å². The van der Waals surface area contributed by atoms with E-state index in [1.54, 1.807) is 41.1 Å². The third kappa shape index (κ3) is 8.42. The number of hydrogen-bond donors (Lipinski definition) is 3. The summed E-state index contributed by atoms with van der Waals surface area (Å²) < 4.78 is 61.8. The van der Waals surface area contributed by atoms with Crippen molar-refractivity contribution in [2.24, 2.45) is 28.6 Å². The van der Waals surface area contributed by atoms with Gasteiger partial charge < -0.3 is 62.7 Å². The molecule has 0 bridgehead atoms. The van der Waals surface area contributed by atoms with Crippen molar-refractivity contribution in [2.75, 3.05) is 21.3 Å². The zero-order valence-corrected chi connectivity index (χ0v) is 38.7. The van der Waals surface area contributed by atoms with Crippen LogP contribution >= 0.6 is 0 Å². The molecule has 352 valence electrons. The molecule has 0 radical (unpaired) electrons. The summed E-state index contributed by atoms with van der Waals surface area (Å²) in [5.41, 5.74) is -0.439. The molecular formula is C47H74O15. The van der Waals surface area contributed by atoms with Crippen molar-refractivity contribution in [3.63, 3.8) is 0 Å². The molecule has 21 atom stereocenters. The number of carbonyl (C=O) groups is 2. The maximum Gasteiger partial charge on any atom is 0.333 e. The summed E-state index contributed by atoms with van der Waals surface area (Å²) in [6, 6.07) is 0. The number of aliphatic hydroxyl groups is 3. The van der Waals surface area contributed by atoms with Crippen LogP contribution in [0.3, 0.4) is 0 Å². The molecular weight excluding hydrogens is 805 g/mol. The Morgan fingerprint density at radius 2 is 1.40 bits per heavy atom. The minimum absolute atomic E-state index is 0.0391. The largest absolute Gasteiger partial charge is 0.458 e. The zero-order valence-electron chi connectivity index (χ0n) is 38.7. The van der Waals surface area contributed by atoms with Crippen LogP contribution in [0.25, 0.3) is 0 Å². The first-order valence-electron chi connectivity index (χ1n) is 23.0. The molecule has 15 nitrogen and oxygen atoms in total. The smallest absolute Gasteiger partial charge is 0.333 e. The molecule has 3 aliphatic heterocycles. The first-order valence-corrected chi connectivity index (χ1v) is 23.0. The normalized spacial score (nSPS) is 49.6. The average molecular weight is 879 g/mol. The fourth-order valence-corrected chi connectivity index (χ4v) is 12.8. The summed E-state index contributed by atoms with van der Waals surface area (Å²) in [5, 5.41) is 34.1. The Balaban J connectivity index is 0.980. The molecule has 0 aromatic rings. The fraction of sp³-hybridized carbons (Fsp3) is 0.872. The Morgan fingerprint density at radius 1 is 0.774 bits per heavy atom. The number of allylic oxidation sites excluding steroid dienone is 2. The lowest BCUT2D eigenvalue weighted by Gasteiger charge is -2.63. The highest BCUT2D eigenvalue weighted by Crippen LogP contribution is 2.68. The minimum atomic E-state index is -1.22. The van der Waals surface area contributed by atoms with E-state index in [1.807, 2.05) is 27.7 Å². The summed E-state index contributed by atoms with van der Waals surface area (Å²) in [4.78, 5) is 26.4.